The molecular weight excluding hydrogens is 362 g/mol. The van der Waals surface area contributed by atoms with Crippen molar-refractivity contribution in [3.8, 4) is 11.5 Å². The van der Waals surface area contributed by atoms with Crippen LogP contribution in [-0.4, -0.2) is 33.2 Å². The second-order valence-corrected chi connectivity index (χ2v) is 6.98. The van der Waals surface area contributed by atoms with Gasteiger partial charge in [-0.05, 0) is 41.6 Å². The highest BCUT2D eigenvalue weighted by Crippen LogP contribution is 2.29. The van der Waals surface area contributed by atoms with Crippen LogP contribution in [0.2, 0.25) is 0 Å². The summed E-state index contributed by atoms with van der Waals surface area (Å²) in [6.07, 6.45) is 0. The maximum absolute atomic E-state index is 12.3. The first kappa shape index (κ1) is 20.1. The molecule has 0 saturated carbocycles. The fourth-order valence-electron chi connectivity index (χ4n) is 2.47. The molecule has 8 heteroatoms. The molecular formula is C18H23F2N2O3S+. The maximum Gasteiger partial charge on any atom is 0.387 e. The number of methoxy groups -OCH3 is 1. The number of nitrogens with one attached hydrogen (secondary N) is 2. The molecule has 0 aliphatic carbocycles. The Balaban J connectivity index is 1.85. The lowest BCUT2D eigenvalue weighted by atomic mass is 10.2. The molecule has 0 bridgehead atoms. The van der Waals surface area contributed by atoms with Crippen LogP contribution < -0.4 is 19.7 Å². The molecule has 5 nitrogen and oxygen atoms in total. The molecule has 1 unspecified atom stereocenters. The first-order valence-corrected chi connectivity index (χ1v) is 8.99. The monoisotopic (exact) mass is 385 g/mol. The summed E-state index contributed by atoms with van der Waals surface area (Å²) in [5.41, 5.74) is 1.98. The van der Waals surface area contributed by atoms with Gasteiger partial charge in [-0.25, -0.2) is 0 Å². The lowest BCUT2D eigenvalue weighted by Crippen LogP contribution is -3.08. The summed E-state index contributed by atoms with van der Waals surface area (Å²) in [7, 11) is 3.35. The van der Waals surface area contributed by atoms with Crippen LogP contribution in [0.5, 0.6) is 11.5 Å². The molecule has 26 heavy (non-hydrogen) atoms. The molecule has 1 heterocycles. The number of carbonyl (C=O) groups excluding carboxylic acids is 1. The van der Waals surface area contributed by atoms with Crippen LogP contribution in [0.4, 0.5) is 8.78 Å². The Bertz CT molecular complexity index is 737. The summed E-state index contributed by atoms with van der Waals surface area (Å²) in [6, 6.07) is 6.67. The number of alkyl halides is 2. The van der Waals surface area contributed by atoms with Gasteiger partial charge in [-0.1, -0.05) is 6.07 Å². The second kappa shape index (κ2) is 9.49. The lowest BCUT2D eigenvalue weighted by molar-refractivity contribution is -0.885. The fourth-order valence-corrected chi connectivity index (χ4v) is 3.49. The number of likely N-dealkylation sites (N-methyl/N-ethyl adjacent to an activating group) is 1. The molecule has 0 spiro atoms. The molecule has 1 amide bonds. The van der Waals surface area contributed by atoms with E-state index in [1.54, 1.807) is 23.5 Å². The third kappa shape index (κ3) is 5.96. The number of benzene rings is 1. The van der Waals surface area contributed by atoms with Crippen molar-refractivity contribution in [1.82, 2.24) is 5.32 Å². The number of halogens is 2. The highest BCUT2D eigenvalue weighted by Gasteiger charge is 2.14. The molecule has 2 N–H and O–H groups in total. The molecule has 0 aliphatic heterocycles. The standard InChI is InChI=1S/C18H22F2N2O3S/c1-12-6-7-26-16(12)10-22(2)11-17(23)21-9-13-4-5-14(25-18(19)20)15(8-13)24-3/h4-8,18H,9-11H2,1-3H3,(H,21,23)/p+1. The highest BCUT2D eigenvalue weighted by atomic mass is 32.1. The normalized spacial score (nSPS) is 12.1. The lowest BCUT2D eigenvalue weighted by Gasteiger charge is -2.14. The van der Waals surface area contributed by atoms with Crippen molar-refractivity contribution in [1.29, 1.82) is 0 Å². The molecule has 2 aromatic rings. The van der Waals surface area contributed by atoms with E-state index in [1.165, 1.54) is 23.6 Å². The minimum absolute atomic E-state index is 0.0342. The minimum atomic E-state index is -2.92. The molecule has 0 radical (unpaired) electrons. The van der Waals surface area contributed by atoms with E-state index in [9.17, 15) is 13.6 Å². The quantitative estimate of drug-likeness (QED) is 0.694. The van der Waals surface area contributed by atoms with E-state index in [1.807, 2.05) is 12.4 Å². The summed E-state index contributed by atoms with van der Waals surface area (Å²) in [4.78, 5) is 14.5. The average Bonchev–Trinajstić information content (AvgIpc) is 2.98. The van der Waals surface area contributed by atoms with Gasteiger partial charge in [-0.3, -0.25) is 4.79 Å². The first-order chi connectivity index (χ1) is 12.4. The van der Waals surface area contributed by atoms with E-state index >= 15 is 0 Å². The summed E-state index contributed by atoms with van der Waals surface area (Å²) in [6.45, 7) is 0.578. The molecule has 0 aliphatic rings. The van der Waals surface area contributed by atoms with Crippen LogP contribution in [0.1, 0.15) is 16.0 Å². The Labute approximate surface area is 155 Å². The van der Waals surface area contributed by atoms with Gasteiger partial charge < -0.3 is 19.7 Å². The van der Waals surface area contributed by atoms with Crippen molar-refractivity contribution in [2.24, 2.45) is 0 Å². The van der Waals surface area contributed by atoms with Crippen molar-refractivity contribution in [2.45, 2.75) is 26.6 Å². The zero-order valence-corrected chi connectivity index (χ0v) is 15.8. The van der Waals surface area contributed by atoms with Gasteiger partial charge in [0.1, 0.15) is 6.54 Å². The smallest absolute Gasteiger partial charge is 0.387 e. The van der Waals surface area contributed by atoms with E-state index in [2.05, 4.69) is 23.0 Å². The molecule has 0 fully saturated rings. The number of thiophene rings is 1. The zero-order valence-electron chi connectivity index (χ0n) is 15.0. The second-order valence-electron chi connectivity index (χ2n) is 5.98. The van der Waals surface area contributed by atoms with Gasteiger partial charge in [-0.15, -0.1) is 11.3 Å². The van der Waals surface area contributed by atoms with Crippen molar-refractivity contribution >= 4 is 17.2 Å². The van der Waals surface area contributed by atoms with Crippen LogP contribution in [0.3, 0.4) is 0 Å². The highest BCUT2D eigenvalue weighted by molar-refractivity contribution is 7.10. The van der Waals surface area contributed by atoms with E-state index in [0.29, 0.717) is 6.54 Å². The number of rotatable bonds is 9. The van der Waals surface area contributed by atoms with Crippen LogP contribution in [-0.2, 0) is 17.9 Å². The van der Waals surface area contributed by atoms with Gasteiger partial charge in [0, 0.05) is 6.54 Å². The number of carbonyl (C=O) groups is 1. The first-order valence-electron chi connectivity index (χ1n) is 8.11. The van der Waals surface area contributed by atoms with Crippen LogP contribution >= 0.6 is 11.3 Å². The van der Waals surface area contributed by atoms with Gasteiger partial charge in [-0.2, -0.15) is 8.78 Å². The maximum atomic E-state index is 12.3. The summed E-state index contributed by atoms with van der Waals surface area (Å²) in [5, 5.41) is 4.88. The SMILES string of the molecule is COc1cc(CNC(=O)C[NH+](C)Cc2sccc2C)ccc1OC(F)F. The van der Waals surface area contributed by atoms with Crippen molar-refractivity contribution < 1.29 is 27.9 Å². The third-order valence-electron chi connectivity index (χ3n) is 3.83. The van der Waals surface area contributed by atoms with Crippen molar-refractivity contribution in [3.05, 3.63) is 45.6 Å². The van der Waals surface area contributed by atoms with Gasteiger partial charge >= 0.3 is 6.61 Å². The van der Waals surface area contributed by atoms with Gasteiger partial charge in [0.25, 0.3) is 5.91 Å². The Morgan fingerprint density at radius 2 is 2.08 bits per heavy atom. The molecule has 0 saturated heterocycles. The average molecular weight is 385 g/mol. The van der Waals surface area contributed by atoms with Gasteiger partial charge in [0.15, 0.2) is 18.0 Å². The largest absolute Gasteiger partial charge is 0.493 e. The van der Waals surface area contributed by atoms with Crippen LogP contribution in [0.15, 0.2) is 29.6 Å². The molecule has 1 atom stereocenters. The number of hydrogen-bond acceptors (Lipinski definition) is 4. The topological polar surface area (TPSA) is 52.0 Å². The van der Waals surface area contributed by atoms with Crippen LogP contribution in [0, 0.1) is 6.92 Å². The van der Waals surface area contributed by atoms with Crippen molar-refractivity contribution in [2.75, 3.05) is 20.7 Å². The van der Waals surface area contributed by atoms with Gasteiger partial charge in [0.2, 0.25) is 0 Å². The molecule has 142 valence electrons. The number of ether oxygens (including phenoxy) is 2. The summed E-state index contributed by atoms with van der Waals surface area (Å²) in [5.74, 6) is 0.0876. The molecule has 2 rings (SSSR count). The molecule has 1 aromatic heterocycles. The predicted molar refractivity (Wildman–Crippen MR) is 96.0 cm³/mol. The van der Waals surface area contributed by atoms with Crippen LogP contribution in [0.25, 0.3) is 0 Å². The Hall–Kier alpha value is -2.19. The van der Waals surface area contributed by atoms with E-state index in [0.717, 1.165) is 17.0 Å². The van der Waals surface area contributed by atoms with E-state index in [4.69, 9.17) is 4.74 Å². The van der Waals surface area contributed by atoms with E-state index < -0.39 is 6.61 Å². The number of quaternary nitrogens is 1. The van der Waals surface area contributed by atoms with Gasteiger partial charge in [0.05, 0.1) is 19.0 Å². The van der Waals surface area contributed by atoms with E-state index in [-0.39, 0.29) is 24.0 Å². The Morgan fingerprint density at radius 3 is 2.69 bits per heavy atom. The third-order valence-corrected chi connectivity index (χ3v) is 4.85. The summed E-state index contributed by atoms with van der Waals surface area (Å²) >= 11 is 1.69. The Kier molecular flexibility index (Phi) is 7.35. The number of amides is 1. The minimum Gasteiger partial charge on any atom is -0.493 e. The zero-order chi connectivity index (χ0) is 19.1. The van der Waals surface area contributed by atoms with Crippen molar-refractivity contribution in [3.63, 3.8) is 0 Å². The summed E-state index contributed by atoms with van der Waals surface area (Å²) < 4.78 is 34.1. The number of aryl methyl sites for hydroxylation is 1. The fraction of sp³-hybridized carbons (Fsp3) is 0.389. The molecule has 1 aromatic carbocycles. The number of hydrogen-bond donors (Lipinski definition) is 2. The predicted octanol–water partition coefficient (Wildman–Crippen LogP) is 2.00. The Morgan fingerprint density at radius 1 is 1.31 bits per heavy atom.